The molecule has 0 radical (unpaired) electrons. The summed E-state index contributed by atoms with van der Waals surface area (Å²) in [5, 5.41) is 0. The van der Waals surface area contributed by atoms with Crippen molar-refractivity contribution >= 4 is 131 Å². The van der Waals surface area contributed by atoms with Crippen LogP contribution in [0.1, 0.15) is 13.8 Å². The van der Waals surface area contributed by atoms with Crippen molar-refractivity contribution in [1.29, 1.82) is 0 Å². The van der Waals surface area contributed by atoms with Crippen molar-refractivity contribution in [2.75, 3.05) is 0 Å². The molecule has 0 aromatic heterocycles. The molecule has 4 heterocycles. The average Bonchev–Trinajstić information content (AvgIpc) is 3.01. The Morgan fingerprint density at radius 1 is 0.591 bits per heavy atom. The molecule has 4 aliphatic rings. The third-order valence-corrected chi connectivity index (χ3v) is 45.9. The molecule has 4 atom stereocenters. The SMILES string of the molecule is CC1C[TeH2]C2SC(=C3SC4[TeH2]CC(C)C[TeH2]C4S3)SC2[TeH2]C1. The zero-order valence-corrected chi connectivity index (χ0v) is 27.6. The Kier molecular flexibility index (Phi) is 8.20. The Labute approximate surface area is 192 Å². The van der Waals surface area contributed by atoms with Gasteiger partial charge in [0.2, 0.25) is 0 Å². The van der Waals surface area contributed by atoms with Gasteiger partial charge in [-0.2, -0.15) is 0 Å². The summed E-state index contributed by atoms with van der Waals surface area (Å²) in [7, 11) is 0. The van der Waals surface area contributed by atoms with Gasteiger partial charge in [0.25, 0.3) is 0 Å². The zero-order valence-electron chi connectivity index (χ0n) is 12.9. The molecule has 4 aliphatic heterocycles. The van der Waals surface area contributed by atoms with E-state index in [4.69, 9.17) is 0 Å². The summed E-state index contributed by atoms with van der Waals surface area (Å²) < 4.78 is 15.3. The first-order valence-corrected chi connectivity index (χ1v) is 26.2. The van der Waals surface area contributed by atoms with Crippen molar-refractivity contribution in [2.24, 2.45) is 11.8 Å². The molecule has 0 amide bonds. The molecule has 8 heteroatoms. The first-order chi connectivity index (χ1) is 10.7. The molecular formula is C14H28S4Te4. The van der Waals surface area contributed by atoms with Crippen molar-refractivity contribution in [3.63, 3.8) is 0 Å². The second-order valence-electron chi connectivity index (χ2n) is 6.57. The fourth-order valence-electron chi connectivity index (χ4n) is 2.96. The van der Waals surface area contributed by atoms with Gasteiger partial charge < -0.3 is 0 Å². The first-order valence-electron chi connectivity index (χ1n) is 8.03. The summed E-state index contributed by atoms with van der Waals surface area (Å²) in [6, 6.07) is 0. The van der Waals surface area contributed by atoms with Gasteiger partial charge >= 0.3 is 196 Å². The van der Waals surface area contributed by atoms with Gasteiger partial charge in [0.05, 0.1) is 0 Å². The minimum atomic E-state index is -0.0803. The van der Waals surface area contributed by atoms with E-state index >= 15 is 0 Å². The Bertz CT molecular complexity index is 384. The average molecular weight is 835 g/mol. The summed E-state index contributed by atoms with van der Waals surface area (Å²) in [5.74, 6) is 2.26. The summed E-state index contributed by atoms with van der Waals surface area (Å²) in [6.07, 6.45) is 0. The minimum absolute atomic E-state index is 0.0803. The summed E-state index contributed by atoms with van der Waals surface area (Å²) in [6.45, 7) is 5.10. The van der Waals surface area contributed by atoms with Crippen LogP contribution in [-0.4, -0.2) is 96.9 Å². The summed E-state index contributed by atoms with van der Waals surface area (Å²) in [4.78, 5) is 0. The number of hydrogen-bond donors (Lipinski definition) is 0. The van der Waals surface area contributed by atoms with Crippen LogP contribution < -0.4 is 0 Å². The molecule has 0 aromatic rings. The third-order valence-electron chi connectivity index (χ3n) is 4.32. The van der Waals surface area contributed by atoms with Crippen LogP contribution in [0.3, 0.4) is 0 Å². The van der Waals surface area contributed by atoms with Crippen LogP contribution in [0.25, 0.3) is 0 Å². The van der Waals surface area contributed by atoms with E-state index in [1.807, 2.05) is 8.47 Å². The molecule has 0 aromatic carbocycles. The monoisotopic (exact) mass is 844 g/mol. The summed E-state index contributed by atoms with van der Waals surface area (Å²) in [5.41, 5.74) is 0. The molecule has 4 rings (SSSR count). The van der Waals surface area contributed by atoms with Gasteiger partial charge in [-0.05, 0) is 0 Å². The van der Waals surface area contributed by atoms with Crippen molar-refractivity contribution in [3.05, 3.63) is 8.47 Å². The standard InChI is InChI=1S/C14H28S4Te4/c1-7-3-19-11-12(20-4-7)16-9(15-11)10-17-13-14(18-10)22-6-8(2)5-21-13/h7-8,11-14H,3-6,19-22H2,1-2H3. The van der Waals surface area contributed by atoms with Gasteiger partial charge in [0, 0.05) is 0 Å². The second-order valence-corrected chi connectivity index (χ2v) is 32.9. The van der Waals surface area contributed by atoms with E-state index in [-0.39, 0.29) is 83.7 Å². The Balaban J connectivity index is 1.44. The van der Waals surface area contributed by atoms with Crippen LogP contribution in [0, 0.1) is 11.8 Å². The van der Waals surface area contributed by atoms with Crippen LogP contribution in [0.5, 0.6) is 0 Å². The topological polar surface area (TPSA) is 0 Å². The Morgan fingerprint density at radius 2 is 0.864 bits per heavy atom. The molecule has 0 N–H and O–H groups in total. The van der Waals surface area contributed by atoms with Gasteiger partial charge in [-0.3, -0.25) is 0 Å². The molecule has 132 valence electrons. The quantitative estimate of drug-likeness (QED) is 0.343. The van der Waals surface area contributed by atoms with E-state index in [0.717, 1.165) is 11.8 Å². The third kappa shape index (κ3) is 4.82. The molecule has 0 aliphatic carbocycles. The molecular weight excluding hydrogens is 807 g/mol. The molecule has 4 unspecified atom stereocenters. The molecule has 4 fully saturated rings. The van der Waals surface area contributed by atoms with Crippen LogP contribution in [0.4, 0.5) is 0 Å². The fourth-order valence-corrected chi connectivity index (χ4v) is 51.0. The van der Waals surface area contributed by atoms with Crippen molar-refractivity contribution in [2.45, 2.75) is 44.9 Å². The van der Waals surface area contributed by atoms with E-state index < -0.39 is 0 Å². The van der Waals surface area contributed by atoms with Gasteiger partial charge in [-0.25, -0.2) is 0 Å². The van der Waals surface area contributed by atoms with Crippen molar-refractivity contribution in [1.82, 2.24) is 0 Å². The predicted octanol–water partition coefficient (Wildman–Crippen LogP) is 2.03. The van der Waals surface area contributed by atoms with E-state index in [0.29, 0.717) is 0 Å². The fraction of sp³-hybridized carbons (Fsp3) is 0.857. The van der Waals surface area contributed by atoms with Gasteiger partial charge in [-0.1, -0.05) is 0 Å². The van der Waals surface area contributed by atoms with Gasteiger partial charge in [0.15, 0.2) is 0 Å². The first kappa shape index (κ1) is 19.6. The number of fused-ring (bicyclic) bond motifs is 2. The van der Waals surface area contributed by atoms with Crippen LogP contribution in [0.2, 0.25) is 17.9 Å². The van der Waals surface area contributed by atoms with Crippen LogP contribution in [-0.2, 0) is 0 Å². The van der Waals surface area contributed by atoms with Gasteiger partial charge in [-0.15, -0.1) is 0 Å². The molecule has 0 bridgehead atoms. The van der Waals surface area contributed by atoms with E-state index in [2.05, 4.69) is 60.9 Å². The second kappa shape index (κ2) is 9.20. The molecule has 4 saturated heterocycles. The van der Waals surface area contributed by atoms with Crippen LogP contribution >= 0.6 is 47.0 Å². The van der Waals surface area contributed by atoms with Crippen LogP contribution in [0.15, 0.2) is 8.47 Å². The summed E-state index contributed by atoms with van der Waals surface area (Å²) >= 11 is 9.34. The molecule has 22 heavy (non-hydrogen) atoms. The number of hydrogen-bond acceptors (Lipinski definition) is 4. The Hall–Kier alpha value is 4.30. The predicted molar refractivity (Wildman–Crippen MR) is 124 cm³/mol. The van der Waals surface area contributed by atoms with Gasteiger partial charge in [0.1, 0.15) is 0 Å². The maximum atomic E-state index is 2.55. The zero-order chi connectivity index (χ0) is 15.1. The van der Waals surface area contributed by atoms with E-state index in [1.165, 1.54) is 13.2 Å². The maximum absolute atomic E-state index is 2.55. The van der Waals surface area contributed by atoms with Crippen molar-refractivity contribution in [3.8, 4) is 0 Å². The Morgan fingerprint density at radius 3 is 1.14 bits per heavy atom. The number of thioether (sulfide) groups is 4. The molecule has 0 saturated carbocycles. The van der Waals surface area contributed by atoms with E-state index in [9.17, 15) is 0 Å². The molecule has 0 spiro atoms. The number of rotatable bonds is 0. The normalized spacial score (nSPS) is 53.4. The van der Waals surface area contributed by atoms with Crippen molar-refractivity contribution < 1.29 is 0 Å². The van der Waals surface area contributed by atoms with E-state index in [1.54, 1.807) is 17.9 Å². The molecule has 0 nitrogen and oxygen atoms in total.